The van der Waals surface area contributed by atoms with Gasteiger partial charge in [-0.25, -0.2) is 0 Å². The van der Waals surface area contributed by atoms with Crippen LogP contribution in [0.3, 0.4) is 0 Å². The van der Waals surface area contributed by atoms with Crippen LogP contribution in [0.5, 0.6) is 0 Å². The molecule has 2 unspecified atom stereocenters. The van der Waals surface area contributed by atoms with Gasteiger partial charge in [0.1, 0.15) is 0 Å². The Kier molecular flexibility index (Phi) is 10.0. The van der Waals surface area contributed by atoms with Crippen molar-refractivity contribution in [3.05, 3.63) is 35.4 Å². The maximum absolute atomic E-state index is 5.47. The summed E-state index contributed by atoms with van der Waals surface area (Å²) in [4.78, 5) is 9.98. The Labute approximate surface area is 187 Å². The number of morpholine rings is 1. The van der Waals surface area contributed by atoms with Gasteiger partial charge in [-0.2, -0.15) is 0 Å². The highest BCUT2D eigenvalue weighted by Crippen LogP contribution is 2.20. The van der Waals surface area contributed by atoms with Crippen molar-refractivity contribution in [1.29, 1.82) is 0 Å². The lowest BCUT2D eigenvalue weighted by molar-refractivity contribution is 0.0315. The fourth-order valence-corrected chi connectivity index (χ4v) is 3.97. The normalized spacial score (nSPS) is 22.0. The summed E-state index contributed by atoms with van der Waals surface area (Å²) < 4.78 is 5.47. The maximum Gasteiger partial charge on any atom is 0.193 e. The lowest BCUT2D eigenvalue weighted by Crippen LogP contribution is -2.42. The second kappa shape index (κ2) is 12.0. The predicted molar refractivity (Wildman–Crippen MR) is 128 cm³/mol. The summed E-state index contributed by atoms with van der Waals surface area (Å²) in [6.07, 6.45) is 1.26. The first-order valence-electron chi connectivity index (χ1n) is 10.6. The summed E-state index contributed by atoms with van der Waals surface area (Å²) in [5.41, 5.74) is 2.68. The fourth-order valence-electron chi connectivity index (χ4n) is 3.97. The number of aryl methyl sites for hydroxylation is 1. The zero-order valence-electron chi connectivity index (χ0n) is 17.7. The molecule has 2 atom stereocenters. The van der Waals surface area contributed by atoms with Crippen molar-refractivity contribution in [2.24, 2.45) is 10.9 Å². The molecule has 2 fully saturated rings. The van der Waals surface area contributed by atoms with Crippen LogP contribution in [0.15, 0.2) is 29.3 Å². The van der Waals surface area contributed by atoms with Crippen LogP contribution < -0.4 is 5.32 Å². The molecular weight excluding hydrogens is 463 g/mol. The molecule has 2 aliphatic rings. The Hall–Kier alpha value is -0.860. The van der Waals surface area contributed by atoms with Gasteiger partial charge in [-0.1, -0.05) is 36.8 Å². The number of likely N-dealkylation sites (tertiary alicyclic amines) is 1. The third kappa shape index (κ3) is 6.88. The van der Waals surface area contributed by atoms with E-state index in [0.29, 0.717) is 5.92 Å². The summed E-state index contributed by atoms with van der Waals surface area (Å²) in [7, 11) is 0. The summed E-state index contributed by atoms with van der Waals surface area (Å²) in [6, 6.07) is 8.85. The smallest absolute Gasteiger partial charge is 0.193 e. The predicted octanol–water partition coefficient (Wildman–Crippen LogP) is 3.34. The minimum atomic E-state index is 0. The number of hydrogen-bond donors (Lipinski definition) is 1. The molecule has 1 N–H and O–H groups in total. The Morgan fingerprint density at radius 1 is 1.21 bits per heavy atom. The first-order valence-corrected chi connectivity index (χ1v) is 10.6. The van der Waals surface area contributed by atoms with Gasteiger partial charge < -0.3 is 15.0 Å². The molecule has 0 spiro atoms. The van der Waals surface area contributed by atoms with Crippen molar-refractivity contribution in [3.63, 3.8) is 0 Å². The SMILES string of the molecule is CCNC(=NCC(C)c1ccc(C)cc1)N1CCC(CN2CCOCC2)C1.I. The molecule has 6 heteroatoms. The average molecular weight is 500 g/mol. The van der Waals surface area contributed by atoms with E-state index in [1.807, 2.05) is 0 Å². The highest BCUT2D eigenvalue weighted by Gasteiger charge is 2.27. The Balaban J connectivity index is 0.00000280. The van der Waals surface area contributed by atoms with Crippen LogP contribution in [-0.4, -0.2) is 74.8 Å². The molecule has 2 aliphatic heterocycles. The quantitative estimate of drug-likeness (QED) is 0.370. The van der Waals surface area contributed by atoms with Gasteiger partial charge in [0.05, 0.1) is 13.2 Å². The Morgan fingerprint density at radius 2 is 1.93 bits per heavy atom. The zero-order chi connectivity index (χ0) is 19.1. The number of nitrogens with one attached hydrogen (secondary N) is 1. The lowest BCUT2D eigenvalue weighted by Gasteiger charge is -2.29. The van der Waals surface area contributed by atoms with E-state index in [4.69, 9.17) is 9.73 Å². The largest absolute Gasteiger partial charge is 0.379 e. The molecular formula is C22H37IN4O. The second-order valence-electron chi connectivity index (χ2n) is 8.02. The molecule has 0 amide bonds. The number of guanidine groups is 1. The standard InChI is InChI=1S/C22H36N4O.HI/c1-4-23-22(24-15-19(3)21-7-5-18(2)6-8-21)26-10-9-20(17-26)16-25-11-13-27-14-12-25;/h5-8,19-20H,4,9-17H2,1-3H3,(H,23,24);1H. The summed E-state index contributed by atoms with van der Waals surface area (Å²) in [5.74, 6) is 2.26. The Bertz CT molecular complexity index is 601. The molecule has 1 aromatic rings. The molecule has 0 aromatic heterocycles. The molecule has 28 heavy (non-hydrogen) atoms. The van der Waals surface area contributed by atoms with Crippen LogP contribution in [0.25, 0.3) is 0 Å². The summed E-state index contributed by atoms with van der Waals surface area (Å²) >= 11 is 0. The molecule has 5 nitrogen and oxygen atoms in total. The number of nitrogens with zero attached hydrogens (tertiary/aromatic N) is 3. The zero-order valence-corrected chi connectivity index (χ0v) is 20.0. The summed E-state index contributed by atoms with van der Waals surface area (Å²) in [5, 5.41) is 3.51. The van der Waals surface area contributed by atoms with Crippen LogP contribution in [0.4, 0.5) is 0 Å². The Morgan fingerprint density at radius 3 is 2.61 bits per heavy atom. The number of hydrogen-bond acceptors (Lipinski definition) is 3. The molecule has 3 rings (SSSR count). The van der Waals surface area contributed by atoms with E-state index in [0.717, 1.165) is 64.4 Å². The van der Waals surface area contributed by atoms with Gasteiger partial charge in [-0.05, 0) is 31.7 Å². The highest BCUT2D eigenvalue weighted by molar-refractivity contribution is 14.0. The van der Waals surface area contributed by atoms with E-state index in [1.165, 1.54) is 24.1 Å². The topological polar surface area (TPSA) is 40.1 Å². The van der Waals surface area contributed by atoms with Crippen LogP contribution in [-0.2, 0) is 4.74 Å². The van der Waals surface area contributed by atoms with Gasteiger partial charge in [-0.3, -0.25) is 9.89 Å². The number of ether oxygens (including phenoxy) is 1. The van der Waals surface area contributed by atoms with E-state index >= 15 is 0 Å². The lowest BCUT2D eigenvalue weighted by atomic mass is 10.0. The molecule has 1 aromatic carbocycles. The van der Waals surface area contributed by atoms with Gasteiger partial charge in [-0.15, -0.1) is 24.0 Å². The van der Waals surface area contributed by atoms with Gasteiger partial charge in [0.25, 0.3) is 0 Å². The van der Waals surface area contributed by atoms with Gasteiger partial charge in [0.15, 0.2) is 5.96 Å². The van der Waals surface area contributed by atoms with Gasteiger partial charge >= 0.3 is 0 Å². The van der Waals surface area contributed by atoms with Crippen molar-refractivity contribution in [1.82, 2.24) is 15.1 Å². The van der Waals surface area contributed by atoms with E-state index in [9.17, 15) is 0 Å². The first kappa shape index (κ1) is 23.4. The summed E-state index contributed by atoms with van der Waals surface area (Å²) in [6.45, 7) is 15.7. The number of aliphatic imine (C=N–C) groups is 1. The molecule has 2 saturated heterocycles. The highest BCUT2D eigenvalue weighted by atomic mass is 127. The minimum absolute atomic E-state index is 0. The number of halogens is 1. The van der Waals surface area contributed by atoms with Crippen LogP contribution in [0, 0.1) is 12.8 Å². The molecule has 0 bridgehead atoms. The molecule has 0 aliphatic carbocycles. The van der Waals surface area contributed by atoms with Crippen LogP contribution >= 0.6 is 24.0 Å². The van der Waals surface area contributed by atoms with Crippen molar-refractivity contribution in [2.75, 3.05) is 59.0 Å². The fraction of sp³-hybridized carbons (Fsp3) is 0.682. The van der Waals surface area contributed by atoms with Crippen molar-refractivity contribution < 1.29 is 4.74 Å². The van der Waals surface area contributed by atoms with Crippen LogP contribution in [0.2, 0.25) is 0 Å². The van der Waals surface area contributed by atoms with Crippen molar-refractivity contribution in [3.8, 4) is 0 Å². The van der Waals surface area contributed by atoms with Crippen molar-refractivity contribution in [2.45, 2.75) is 33.1 Å². The number of benzene rings is 1. The third-order valence-corrected chi connectivity index (χ3v) is 5.70. The van der Waals surface area contributed by atoms with E-state index in [1.54, 1.807) is 0 Å². The maximum atomic E-state index is 5.47. The second-order valence-corrected chi connectivity index (χ2v) is 8.02. The average Bonchev–Trinajstić information content (AvgIpc) is 3.14. The monoisotopic (exact) mass is 500 g/mol. The minimum Gasteiger partial charge on any atom is -0.379 e. The first-order chi connectivity index (χ1) is 13.2. The van der Waals surface area contributed by atoms with E-state index in [-0.39, 0.29) is 24.0 Å². The van der Waals surface area contributed by atoms with E-state index < -0.39 is 0 Å². The number of rotatable bonds is 6. The third-order valence-electron chi connectivity index (χ3n) is 5.70. The van der Waals surface area contributed by atoms with Crippen LogP contribution in [0.1, 0.15) is 37.3 Å². The van der Waals surface area contributed by atoms with Gasteiger partial charge in [0, 0.05) is 51.7 Å². The molecule has 2 heterocycles. The van der Waals surface area contributed by atoms with E-state index in [2.05, 4.69) is 60.2 Å². The molecule has 0 radical (unpaired) electrons. The molecule has 158 valence electrons. The molecule has 0 saturated carbocycles. The van der Waals surface area contributed by atoms with Crippen molar-refractivity contribution >= 4 is 29.9 Å². The van der Waals surface area contributed by atoms with Gasteiger partial charge in [0.2, 0.25) is 0 Å².